The van der Waals surface area contributed by atoms with Crippen LogP contribution in [0.3, 0.4) is 0 Å². The smallest absolute Gasteiger partial charge is 0.319 e. The molecule has 154 valence electrons. The van der Waals surface area contributed by atoms with E-state index in [2.05, 4.69) is 5.32 Å². The Morgan fingerprint density at radius 2 is 1.97 bits per heavy atom. The molecular weight excluding hydrogens is 376 g/mol. The highest BCUT2D eigenvalue weighted by molar-refractivity contribution is 6.09. The number of allylic oxidation sites excluding steroid dienone is 2. The lowest BCUT2D eigenvalue weighted by Gasteiger charge is -2.28. The van der Waals surface area contributed by atoms with E-state index in [9.17, 15) is 24.5 Å². The largest absolute Gasteiger partial charge is 0.325 e. The maximum atomic E-state index is 13.0. The van der Waals surface area contributed by atoms with Crippen molar-refractivity contribution >= 4 is 23.5 Å². The minimum atomic E-state index is -1.38. The number of hydrogen-bond donors (Lipinski definition) is 1. The Labute approximate surface area is 168 Å². The molecule has 1 saturated heterocycles. The SMILES string of the molecule is CCN(C(=O)CN1C(=O)NC(C)(c2ccc([N+](=O)[O-])cc2)C1=O)C1=CCCCC1. The van der Waals surface area contributed by atoms with E-state index in [1.54, 1.807) is 4.90 Å². The van der Waals surface area contributed by atoms with Crippen molar-refractivity contribution in [3.05, 3.63) is 51.7 Å². The summed E-state index contributed by atoms with van der Waals surface area (Å²) in [6, 6.07) is 4.78. The lowest BCUT2D eigenvalue weighted by molar-refractivity contribution is -0.384. The standard InChI is InChI=1S/C20H24N4O5/c1-3-22(15-7-5-4-6-8-15)17(25)13-23-18(26)20(2,21-19(23)27)14-9-11-16(12-10-14)24(28)29/h7,9-12H,3-6,8,13H2,1-2H3,(H,21,27). The van der Waals surface area contributed by atoms with Gasteiger partial charge in [0.1, 0.15) is 12.1 Å². The van der Waals surface area contributed by atoms with E-state index in [1.807, 2.05) is 13.0 Å². The Hall–Kier alpha value is -3.23. The molecule has 1 atom stereocenters. The summed E-state index contributed by atoms with van der Waals surface area (Å²) in [6.45, 7) is 3.51. The first kappa shape index (κ1) is 20.5. The Bertz CT molecular complexity index is 879. The van der Waals surface area contributed by atoms with E-state index in [4.69, 9.17) is 0 Å². The number of urea groups is 1. The maximum Gasteiger partial charge on any atom is 0.325 e. The van der Waals surface area contributed by atoms with Gasteiger partial charge in [-0.05, 0) is 57.2 Å². The van der Waals surface area contributed by atoms with Crippen molar-refractivity contribution < 1.29 is 19.3 Å². The van der Waals surface area contributed by atoms with Crippen LogP contribution in [0.25, 0.3) is 0 Å². The second kappa shape index (κ2) is 8.02. The van der Waals surface area contributed by atoms with E-state index < -0.39 is 22.4 Å². The molecule has 0 radical (unpaired) electrons. The van der Waals surface area contributed by atoms with E-state index in [-0.39, 0.29) is 18.1 Å². The first-order chi connectivity index (χ1) is 13.8. The fraction of sp³-hybridized carbons (Fsp3) is 0.450. The maximum absolute atomic E-state index is 13.0. The van der Waals surface area contributed by atoms with Crippen molar-refractivity contribution in [2.45, 2.75) is 45.1 Å². The summed E-state index contributed by atoms with van der Waals surface area (Å²) in [5, 5.41) is 13.5. The summed E-state index contributed by atoms with van der Waals surface area (Å²) in [7, 11) is 0. The molecule has 0 aromatic heterocycles. The molecule has 3 rings (SSSR count). The molecule has 0 saturated carbocycles. The van der Waals surface area contributed by atoms with Gasteiger partial charge in [-0.25, -0.2) is 4.79 Å². The number of likely N-dealkylation sites (N-methyl/N-ethyl adjacent to an activating group) is 1. The summed E-state index contributed by atoms with van der Waals surface area (Å²) >= 11 is 0. The minimum Gasteiger partial charge on any atom is -0.319 e. The van der Waals surface area contributed by atoms with Crippen molar-refractivity contribution in [3.63, 3.8) is 0 Å². The summed E-state index contributed by atoms with van der Waals surface area (Å²) in [4.78, 5) is 51.1. The number of carbonyl (C=O) groups excluding carboxylic acids is 3. The van der Waals surface area contributed by atoms with Crippen molar-refractivity contribution in [3.8, 4) is 0 Å². The average molecular weight is 400 g/mol. The third-order valence-electron chi connectivity index (χ3n) is 5.45. The Morgan fingerprint density at radius 3 is 2.52 bits per heavy atom. The number of hydrogen-bond acceptors (Lipinski definition) is 5. The highest BCUT2D eigenvalue weighted by Gasteiger charge is 2.49. The predicted octanol–water partition coefficient (Wildman–Crippen LogP) is 2.67. The minimum absolute atomic E-state index is 0.111. The molecule has 1 unspecified atom stereocenters. The van der Waals surface area contributed by atoms with Gasteiger partial charge in [0.25, 0.3) is 11.6 Å². The molecule has 4 amide bonds. The number of nitrogens with one attached hydrogen (secondary N) is 1. The second-order valence-corrected chi connectivity index (χ2v) is 7.33. The molecular formula is C20H24N4O5. The highest BCUT2D eigenvalue weighted by atomic mass is 16.6. The molecule has 9 nitrogen and oxygen atoms in total. The van der Waals surface area contributed by atoms with Crippen LogP contribution >= 0.6 is 0 Å². The zero-order valence-electron chi connectivity index (χ0n) is 16.5. The van der Waals surface area contributed by atoms with Gasteiger partial charge >= 0.3 is 6.03 Å². The zero-order valence-corrected chi connectivity index (χ0v) is 16.5. The van der Waals surface area contributed by atoms with Crippen molar-refractivity contribution in [2.75, 3.05) is 13.1 Å². The van der Waals surface area contributed by atoms with Gasteiger partial charge in [0, 0.05) is 24.4 Å². The van der Waals surface area contributed by atoms with Gasteiger partial charge in [-0.3, -0.25) is 24.6 Å². The van der Waals surface area contributed by atoms with E-state index in [0.29, 0.717) is 12.1 Å². The Morgan fingerprint density at radius 1 is 1.28 bits per heavy atom. The number of non-ortho nitro benzene ring substituents is 1. The Balaban J connectivity index is 1.78. The summed E-state index contributed by atoms with van der Waals surface area (Å²) in [5.41, 5.74) is -0.138. The van der Waals surface area contributed by atoms with Gasteiger partial charge in [0.05, 0.1) is 4.92 Å². The molecule has 1 aromatic carbocycles. The fourth-order valence-corrected chi connectivity index (χ4v) is 3.78. The molecule has 1 N–H and O–H groups in total. The number of rotatable bonds is 6. The number of nitro groups is 1. The van der Waals surface area contributed by atoms with Crippen LogP contribution in [0.5, 0.6) is 0 Å². The monoisotopic (exact) mass is 400 g/mol. The molecule has 0 bridgehead atoms. The number of nitro benzene ring substituents is 1. The van der Waals surface area contributed by atoms with Gasteiger partial charge in [-0.2, -0.15) is 0 Å². The molecule has 1 heterocycles. The molecule has 1 fully saturated rings. The van der Waals surface area contributed by atoms with Crippen LogP contribution in [0.2, 0.25) is 0 Å². The first-order valence-corrected chi connectivity index (χ1v) is 9.66. The molecule has 0 spiro atoms. The molecule has 1 aromatic rings. The van der Waals surface area contributed by atoms with Crippen LogP contribution in [0.4, 0.5) is 10.5 Å². The van der Waals surface area contributed by atoms with Crippen molar-refractivity contribution in [1.82, 2.24) is 15.1 Å². The highest BCUT2D eigenvalue weighted by Crippen LogP contribution is 2.30. The fourth-order valence-electron chi connectivity index (χ4n) is 3.78. The van der Waals surface area contributed by atoms with Gasteiger partial charge in [-0.1, -0.05) is 6.08 Å². The number of nitrogens with zero attached hydrogens (tertiary/aromatic N) is 3. The number of amides is 4. The zero-order chi connectivity index (χ0) is 21.2. The number of carbonyl (C=O) groups is 3. The third-order valence-corrected chi connectivity index (χ3v) is 5.45. The molecule has 9 heteroatoms. The van der Waals surface area contributed by atoms with Crippen molar-refractivity contribution in [2.24, 2.45) is 0 Å². The average Bonchev–Trinajstić information content (AvgIpc) is 2.93. The number of benzene rings is 1. The molecule has 29 heavy (non-hydrogen) atoms. The third kappa shape index (κ3) is 3.85. The van der Waals surface area contributed by atoms with Crippen LogP contribution < -0.4 is 5.32 Å². The van der Waals surface area contributed by atoms with Crippen LogP contribution in [0.1, 0.15) is 45.1 Å². The first-order valence-electron chi connectivity index (χ1n) is 9.66. The normalized spacial score (nSPS) is 21.6. The van der Waals surface area contributed by atoms with Crippen LogP contribution in [0.15, 0.2) is 36.0 Å². The van der Waals surface area contributed by atoms with Crippen LogP contribution in [0, 0.1) is 10.1 Å². The topological polar surface area (TPSA) is 113 Å². The van der Waals surface area contributed by atoms with E-state index in [0.717, 1.165) is 36.3 Å². The van der Waals surface area contributed by atoms with Gasteiger partial charge in [0.2, 0.25) is 5.91 Å². The predicted molar refractivity (Wildman–Crippen MR) is 105 cm³/mol. The van der Waals surface area contributed by atoms with Gasteiger partial charge in [-0.15, -0.1) is 0 Å². The van der Waals surface area contributed by atoms with E-state index >= 15 is 0 Å². The van der Waals surface area contributed by atoms with Crippen LogP contribution in [-0.2, 0) is 15.1 Å². The molecule has 2 aliphatic rings. The second-order valence-electron chi connectivity index (χ2n) is 7.33. The van der Waals surface area contributed by atoms with E-state index in [1.165, 1.54) is 31.2 Å². The summed E-state index contributed by atoms with van der Waals surface area (Å²) in [5.74, 6) is -0.865. The van der Waals surface area contributed by atoms with Gasteiger partial charge in [0.15, 0.2) is 0 Å². The number of imide groups is 1. The molecule has 1 aliphatic carbocycles. The molecule has 1 aliphatic heterocycles. The van der Waals surface area contributed by atoms with Crippen molar-refractivity contribution in [1.29, 1.82) is 0 Å². The Kier molecular flexibility index (Phi) is 5.67. The van der Waals surface area contributed by atoms with Crippen LogP contribution in [-0.4, -0.2) is 45.7 Å². The summed E-state index contributed by atoms with van der Waals surface area (Å²) < 4.78 is 0. The lowest BCUT2D eigenvalue weighted by Crippen LogP contribution is -2.44. The van der Waals surface area contributed by atoms with Gasteiger partial charge < -0.3 is 10.2 Å². The quantitative estimate of drug-likeness (QED) is 0.448. The summed E-state index contributed by atoms with van der Waals surface area (Å²) in [6.07, 6.45) is 5.87. The lowest BCUT2D eigenvalue weighted by atomic mass is 9.92.